The maximum atomic E-state index is 12.4. The van der Waals surface area contributed by atoms with Crippen LogP contribution in [0, 0.1) is 0 Å². The first-order chi connectivity index (χ1) is 10.7. The lowest BCUT2D eigenvalue weighted by atomic mass is 10.3. The van der Waals surface area contributed by atoms with Crippen LogP contribution >= 0.6 is 0 Å². The molecule has 0 aliphatic carbocycles. The van der Waals surface area contributed by atoms with Crippen molar-refractivity contribution >= 4 is 5.97 Å². The summed E-state index contributed by atoms with van der Waals surface area (Å²) in [5.41, 5.74) is -0.485. The molecule has 0 aliphatic heterocycles. The van der Waals surface area contributed by atoms with Gasteiger partial charge in [0.25, 0.3) is 11.2 Å². The summed E-state index contributed by atoms with van der Waals surface area (Å²) in [5, 5.41) is 0. The Morgan fingerprint density at radius 2 is 1.73 bits per heavy atom. The summed E-state index contributed by atoms with van der Waals surface area (Å²) < 4.78 is 20.9. The molecule has 0 saturated heterocycles. The highest BCUT2D eigenvalue weighted by atomic mass is 16.6. The number of esters is 1. The molecule has 1 rings (SSSR count). The van der Waals surface area contributed by atoms with Gasteiger partial charge in [-0.25, -0.2) is 4.79 Å². The first-order valence-corrected chi connectivity index (χ1v) is 7.74. The molecule has 0 N–H and O–H groups in total. The summed E-state index contributed by atoms with van der Waals surface area (Å²) >= 11 is 0. The van der Waals surface area contributed by atoms with Crippen LogP contribution in [0.1, 0.15) is 57.0 Å². The van der Waals surface area contributed by atoms with Crippen molar-refractivity contribution in [2.75, 3.05) is 19.8 Å². The molecule has 1 heterocycles. The molecule has 0 atom stereocenters. The van der Waals surface area contributed by atoms with E-state index in [1.165, 1.54) is 0 Å². The zero-order valence-corrected chi connectivity index (χ0v) is 13.5. The first-order valence-electron chi connectivity index (χ1n) is 7.74. The van der Waals surface area contributed by atoms with Gasteiger partial charge >= 0.3 is 5.97 Å². The number of hydrogen-bond donors (Lipinski definition) is 0. The highest BCUT2D eigenvalue weighted by Gasteiger charge is 2.23. The molecule has 0 aromatic carbocycles. The molecule has 1 aromatic heterocycles. The van der Waals surface area contributed by atoms with Crippen LogP contribution in [-0.4, -0.2) is 25.8 Å². The van der Waals surface area contributed by atoms with E-state index in [1.54, 1.807) is 6.92 Å². The fraction of sp³-hybridized carbons (Fsp3) is 0.625. The molecule has 124 valence electrons. The summed E-state index contributed by atoms with van der Waals surface area (Å²) in [7, 11) is 0. The smallest absolute Gasteiger partial charge is 0.378 e. The third kappa shape index (κ3) is 5.09. The van der Waals surface area contributed by atoms with Crippen LogP contribution in [-0.2, 0) is 4.74 Å². The number of ether oxygens (including phenoxy) is 3. The van der Waals surface area contributed by atoms with Crippen LogP contribution in [0.5, 0.6) is 11.5 Å². The second-order valence-corrected chi connectivity index (χ2v) is 4.71. The monoisotopic (exact) mass is 312 g/mol. The maximum absolute atomic E-state index is 12.4. The summed E-state index contributed by atoms with van der Waals surface area (Å²) in [6, 6.07) is 0. The van der Waals surface area contributed by atoms with Crippen LogP contribution in [0.3, 0.4) is 0 Å². The Bertz CT molecular complexity index is 520. The minimum Gasteiger partial charge on any atom is -0.487 e. The van der Waals surface area contributed by atoms with E-state index in [-0.39, 0.29) is 23.9 Å². The summed E-state index contributed by atoms with van der Waals surface area (Å²) in [6.07, 6.45) is 4.59. The molecule has 6 heteroatoms. The molecule has 0 fully saturated rings. The van der Waals surface area contributed by atoms with Gasteiger partial charge in [0.2, 0.25) is 11.5 Å². The van der Waals surface area contributed by atoms with Crippen LogP contribution in [0.4, 0.5) is 0 Å². The lowest BCUT2D eigenvalue weighted by Gasteiger charge is -2.11. The molecule has 1 aromatic rings. The molecule has 6 nitrogen and oxygen atoms in total. The predicted molar refractivity (Wildman–Crippen MR) is 81.7 cm³/mol. The van der Waals surface area contributed by atoms with E-state index in [0.29, 0.717) is 13.2 Å². The number of carbonyl (C=O) groups excluding carboxylic acids is 1. The molecule has 0 saturated carbocycles. The van der Waals surface area contributed by atoms with Crippen molar-refractivity contribution in [3.8, 4) is 11.5 Å². The Kier molecular flexibility index (Phi) is 8.10. The maximum Gasteiger partial charge on any atom is 0.378 e. The van der Waals surface area contributed by atoms with Gasteiger partial charge in [0, 0.05) is 0 Å². The number of carbonyl (C=O) groups is 1. The van der Waals surface area contributed by atoms with Crippen molar-refractivity contribution < 1.29 is 23.4 Å². The fourth-order valence-electron chi connectivity index (χ4n) is 1.65. The van der Waals surface area contributed by atoms with Crippen molar-refractivity contribution in [3.63, 3.8) is 0 Å². The molecule has 0 spiro atoms. The summed E-state index contributed by atoms with van der Waals surface area (Å²) in [6.45, 7) is 6.62. The van der Waals surface area contributed by atoms with Gasteiger partial charge < -0.3 is 18.6 Å². The molecule has 0 amide bonds. The normalized spacial score (nSPS) is 10.3. The van der Waals surface area contributed by atoms with Gasteiger partial charge in [-0.05, 0) is 19.8 Å². The van der Waals surface area contributed by atoms with E-state index in [1.807, 2.05) is 13.8 Å². The van der Waals surface area contributed by atoms with Crippen LogP contribution < -0.4 is 14.9 Å². The Morgan fingerprint density at radius 1 is 1.09 bits per heavy atom. The van der Waals surface area contributed by atoms with Crippen LogP contribution in [0.2, 0.25) is 0 Å². The lowest BCUT2D eigenvalue weighted by molar-refractivity contribution is 0.0477. The van der Waals surface area contributed by atoms with Crippen molar-refractivity contribution in [1.29, 1.82) is 0 Å². The zero-order valence-electron chi connectivity index (χ0n) is 13.5. The molecule has 22 heavy (non-hydrogen) atoms. The molecular weight excluding hydrogens is 288 g/mol. The Balaban J connectivity index is 3.03. The first kappa shape index (κ1) is 18.1. The standard InChI is InChI=1S/C16H24O6/c1-4-7-9-20-12-11-22-15(16(18)19-6-3)14(13(12)17)21-10-8-5-2/h11H,4-10H2,1-3H3. The third-order valence-corrected chi connectivity index (χ3v) is 2.88. The molecular formula is C16H24O6. The second kappa shape index (κ2) is 9.87. The van der Waals surface area contributed by atoms with Crippen LogP contribution in [0.15, 0.2) is 15.5 Å². The topological polar surface area (TPSA) is 75.0 Å². The Labute approximate surface area is 130 Å². The molecule has 0 aliphatic rings. The largest absolute Gasteiger partial charge is 0.487 e. The third-order valence-electron chi connectivity index (χ3n) is 2.88. The quantitative estimate of drug-likeness (QED) is 0.488. The second-order valence-electron chi connectivity index (χ2n) is 4.71. The number of unbranched alkanes of at least 4 members (excludes halogenated alkanes) is 2. The van der Waals surface area contributed by atoms with Crippen molar-refractivity contribution in [1.82, 2.24) is 0 Å². The van der Waals surface area contributed by atoms with Gasteiger partial charge in [-0.3, -0.25) is 4.79 Å². The average molecular weight is 312 g/mol. The highest BCUT2D eigenvalue weighted by molar-refractivity contribution is 5.89. The van der Waals surface area contributed by atoms with E-state index in [2.05, 4.69) is 0 Å². The molecule has 0 unspecified atom stereocenters. The fourth-order valence-corrected chi connectivity index (χ4v) is 1.65. The van der Waals surface area contributed by atoms with Gasteiger partial charge in [-0.2, -0.15) is 0 Å². The van der Waals surface area contributed by atoms with E-state index < -0.39 is 11.4 Å². The minimum absolute atomic E-state index is 0.0491. The summed E-state index contributed by atoms with van der Waals surface area (Å²) in [4.78, 5) is 24.2. The van der Waals surface area contributed by atoms with Crippen molar-refractivity contribution in [3.05, 3.63) is 22.2 Å². The van der Waals surface area contributed by atoms with Gasteiger partial charge in [0.1, 0.15) is 6.26 Å². The highest BCUT2D eigenvalue weighted by Crippen LogP contribution is 2.20. The van der Waals surface area contributed by atoms with Crippen LogP contribution in [0.25, 0.3) is 0 Å². The van der Waals surface area contributed by atoms with E-state index in [9.17, 15) is 9.59 Å². The SMILES string of the molecule is CCCCOc1coc(C(=O)OCC)c(OCCCC)c1=O. The lowest BCUT2D eigenvalue weighted by Crippen LogP contribution is -2.18. The van der Waals surface area contributed by atoms with Gasteiger partial charge in [-0.1, -0.05) is 26.7 Å². The predicted octanol–water partition coefficient (Wildman–Crippen LogP) is 3.17. The van der Waals surface area contributed by atoms with Gasteiger partial charge in [0.15, 0.2) is 0 Å². The Morgan fingerprint density at radius 3 is 2.32 bits per heavy atom. The van der Waals surface area contributed by atoms with Crippen molar-refractivity contribution in [2.45, 2.75) is 46.5 Å². The van der Waals surface area contributed by atoms with E-state index in [4.69, 9.17) is 18.6 Å². The zero-order chi connectivity index (χ0) is 16.4. The van der Waals surface area contributed by atoms with Crippen molar-refractivity contribution in [2.24, 2.45) is 0 Å². The van der Waals surface area contributed by atoms with E-state index >= 15 is 0 Å². The summed E-state index contributed by atoms with van der Waals surface area (Å²) in [5.74, 6) is -1.02. The average Bonchev–Trinajstić information content (AvgIpc) is 2.51. The number of rotatable bonds is 10. The molecule has 0 bridgehead atoms. The minimum atomic E-state index is -0.716. The Hall–Kier alpha value is -1.98. The van der Waals surface area contributed by atoms with E-state index in [0.717, 1.165) is 31.9 Å². The van der Waals surface area contributed by atoms with Gasteiger partial charge in [-0.15, -0.1) is 0 Å². The number of hydrogen-bond acceptors (Lipinski definition) is 6. The molecule has 0 radical (unpaired) electrons. The van der Waals surface area contributed by atoms with Gasteiger partial charge in [0.05, 0.1) is 19.8 Å².